The Kier molecular flexibility index (Phi) is 3.01. The molecule has 1 aromatic heterocycles. The molecule has 0 amide bonds. The van der Waals surface area contributed by atoms with Gasteiger partial charge < -0.3 is 9.84 Å². The van der Waals surface area contributed by atoms with Crippen LogP contribution in [0.3, 0.4) is 0 Å². The van der Waals surface area contributed by atoms with Gasteiger partial charge in [-0.3, -0.25) is 0 Å². The first-order valence-electron chi connectivity index (χ1n) is 4.74. The molecule has 0 fully saturated rings. The number of ether oxygens (including phenoxy) is 1. The lowest BCUT2D eigenvalue weighted by Gasteiger charge is -2.08. The van der Waals surface area contributed by atoms with Crippen LogP contribution in [0.2, 0.25) is 5.15 Å². The Balaban J connectivity index is 2.30. The molecular formula is C11H11ClN2O2. The van der Waals surface area contributed by atoms with Crippen LogP contribution in [0.4, 0.5) is 0 Å². The van der Waals surface area contributed by atoms with Gasteiger partial charge in [0, 0.05) is 5.56 Å². The molecule has 0 unspecified atom stereocenters. The number of methoxy groups -OCH3 is 1. The van der Waals surface area contributed by atoms with E-state index in [1.165, 1.54) is 10.9 Å². The van der Waals surface area contributed by atoms with Crippen LogP contribution in [0, 0.1) is 0 Å². The van der Waals surface area contributed by atoms with Gasteiger partial charge in [0.25, 0.3) is 0 Å². The van der Waals surface area contributed by atoms with Crippen LogP contribution in [-0.2, 0) is 6.54 Å². The SMILES string of the molecule is COc1ccccc1Cn1ncc(O)c1Cl. The van der Waals surface area contributed by atoms with Crippen molar-refractivity contribution in [2.24, 2.45) is 0 Å². The van der Waals surface area contributed by atoms with Crippen molar-refractivity contribution in [3.05, 3.63) is 41.2 Å². The first-order valence-corrected chi connectivity index (χ1v) is 5.12. The van der Waals surface area contributed by atoms with Crippen LogP contribution < -0.4 is 4.74 Å². The molecule has 2 aromatic rings. The monoisotopic (exact) mass is 238 g/mol. The summed E-state index contributed by atoms with van der Waals surface area (Å²) in [6.45, 7) is 0.462. The number of hydrogen-bond acceptors (Lipinski definition) is 3. The van der Waals surface area contributed by atoms with Gasteiger partial charge in [0.2, 0.25) is 0 Å². The standard InChI is InChI=1S/C11H11ClN2O2/c1-16-10-5-3-2-4-8(10)7-14-11(12)9(15)6-13-14/h2-6,15H,7H2,1H3. The first kappa shape index (κ1) is 10.8. The maximum absolute atomic E-state index is 9.30. The van der Waals surface area contributed by atoms with Crippen molar-refractivity contribution in [1.29, 1.82) is 0 Å². The van der Waals surface area contributed by atoms with Gasteiger partial charge in [-0.1, -0.05) is 29.8 Å². The summed E-state index contributed by atoms with van der Waals surface area (Å²) in [6.07, 6.45) is 1.32. The molecule has 1 heterocycles. The Hall–Kier alpha value is -1.68. The maximum Gasteiger partial charge on any atom is 0.173 e. The number of benzene rings is 1. The minimum absolute atomic E-state index is 0.0171. The van der Waals surface area contributed by atoms with Crippen LogP contribution in [0.5, 0.6) is 11.5 Å². The van der Waals surface area contributed by atoms with Crippen LogP contribution >= 0.6 is 11.6 Å². The molecule has 0 saturated heterocycles. The van der Waals surface area contributed by atoms with Gasteiger partial charge in [-0.05, 0) is 6.07 Å². The number of halogens is 1. The van der Waals surface area contributed by atoms with Crippen LogP contribution in [-0.4, -0.2) is 22.0 Å². The summed E-state index contributed by atoms with van der Waals surface area (Å²) in [4.78, 5) is 0. The van der Waals surface area contributed by atoms with Gasteiger partial charge >= 0.3 is 0 Å². The fourth-order valence-corrected chi connectivity index (χ4v) is 1.62. The average Bonchev–Trinajstić information content (AvgIpc) is 2.62. The third-order valence-corrected chi connectivity index (χ3v) is 2.66. The van der Waals surface area contributed by atoms with Gasteiger partial charge in [-0.15, -0.1) is 0 Å². The van der Waals surface area contributed by atoms with Gasteiger partial charge in [0.05, 0.1) is 19.9 Å². The minimum Gasteiger partial charge on any atom is -0.504 e. The topological polar surface area (TPSA) is 47.3 Å². The van der Waals surface area contributed by atoms with E-state index in [9.17, 15) is 5.11 Å². The van der Waals surface area contributed by atoms with Gasteiger partial charge in [0.15, 0.2) is 10.9 Å². The molecule has 0 aliphatic rings. The highest BCUT2D eigenvalue weighted by atomic mass is 35.5. The Morgan fingerprint density at radius 2 is 2.19 bits per heavy atom. The predicted molar refractivity (Wildman–Crippen MR) is 61.0 cm³/mol. The van der Waals surface area contributed by atoms with Crippen molar-refractivity contribution < 1.29 is 9.84 Å². The number of hydrogen-bond donors (Lipinski definition) is 1. The molecule has 16 heavy (non-hydrogen) atoms. The highest BCUT2D eigenvalue weighted by Crippen LogP contribution is 2.25. The fourth-order valence-electron chi connectivity index (χ4n) is 1.47. The predicted octanol–water partition coefficient (Wildman–Crippen LogP) is 2.30. The molecule has 0 bridgehead atoms. The van der Waals surface area contributed by atoms with E-state index in [1.54, 1.807) is 7.11 Å². The Morgan fingerprint density at radius 1 is 1.44 bits per heavy atom. The van der Waals surface area contributed by atoms with Crippen molar-refractivity contribution in [1.82, 2.24) is 9.78 Å². The molecule has 0 radical (unpaired) electrons. The van der Waals surface area contributed by atoms with Crippen molar-refractivity contribution >= 4 is 11.6 Å². The fraction of sp³-hybridized carbons (Fsp3) is 0.182. The second-order valence-corrected chi connectivity index (χ2v) is 3.65. The lowest BCUT2D eigenvalue weighted by molar-refractivity contribution is 0.407. The highest BCUT2D eigenvalue weighted by Gasteiger charge is 2.09. The van der Waals surface area contributed by atoms with E-state index in [0.717, 1.165) is 11.3 Å². The molecule has 4 nitrogen and oxygen atoms in total. The van der Waals surface area contributed by atoms with Crippen molar-refractivity contribution in [3.63, 3.8) is 0 Å². The Morgan fingerprint density at radius 3 is 2.81 bits per heavy atom. The van der Waals surface area contributed by atoms with Gasteiger partial charge in [-0.25, -0.2) is 4.68 Å². The lowest BCUT2D eigenvalue weighted by Crippen LogP contribution is -2.03. The second kappa shape index (κ2) is 4.45. The highest BCUT2D eigenvalue weighted by molar-refractivity contribution is 6.30. The number of para-hydroxylation sites is 1. The van der Waals surface area contributed by atoms with E-state index in [1.807, 2.05) is 24.3 Å². The third-order valence-electron chi connectivity index (χ3n) is 2.27. The molecule has 1 aromatic carbocycles. The molecule has 0 atom stereocenters. The number of aromatic nitrogens is 2. The molecule has 0 saturated carbocycles. The molecule has 84 valence electrons. The van der Waals surface area contributed by atoms with E-state index in [0.29, 0.717) is 6.54 Å². The average molecular weight is 239 g/mol. The smallest absolute Gasteiger partial charge is 0.173 e. The Bertz CT molecular complexity index is 496. The lowest BCUT2D eigenvalue weighted by atomic mass is 10.2. The summed E-state index contributed by atoms with van der Waals surface area (Å²) in [6, 6.07) is 7.60. The maximum atomic E-state index is 9.30. The summed E-state index contributed by atoms with van der Waals surface area (Å²) < 4.78 is 6.73. The molecule has 2 rings (SSSR count). The number of aromatic hydroxyl groups is 1. The summed E-state index contributed by atoms with van der Waals surface area (Å²) in [5.41, 5.74) is 0.954. The minimum atomic E-state index is -0.0171. The van der Waals surface area contributed by atoms with Gasteiger partial charge in [-0.2, -0.15) is 5.10 Å². The second-order valence-electron chi connectivity index (χ2n) is 3.29. The number of rotatable bonds is 3. The van der Waals surface area contributed by atoms with Crippen molar-refractivity contribution in [2.75, 3.05) is 7.11 Å². The normalized spacial score (nSPS) is 10.4. The molecular weight excluding hydrogens is 228 g/mol. The van der Waals surface area contributed by atoms with Crippen molar-refractivity contribution in [2.45, 2.75) is 6.54 Å². The Labute approximate surface area is 98.0 Å². The van der Waals surface area contributed by atoms with E-state index in [-0.39, 0.29) is 10.9 Å². The summed E-state index contributed by atoms with van der Waals surface area (Å²) >= 11 is 5.86. The van der Waals surface area contributed by atoms with Crippen molar-refractivity contribution in [3.8, 4) is 11.5 Å². The van der Waals surface area contributed by atoms with Crippen LogP contribution in [0.1, 0.15) is 5.56 Å². The zero-order chi connectivity index (χ0) is 11.5. The van der Waals surface area contributed by atoms with Gasteiger partial charge in [0.1, 0.15) is 5.75 Å². The molecule has 0 spiro atoms. The largest absolute Gasteiger partial charge is 0.504 e. The first-order chi connectivity index (χ1) is 7.72. The van der Waals surface area contributed by atoms with E-state index in [4.69, 9.17) is 16.3 Å². The van der Waals surface area contributed by atoms with E-state index < -0.39 is 0 Å². The quantitative estimate of drug-likeness (QED) is 0.893. The number of nitrogens with zero attached hydrogens (tertiary/aromatic N) is 2. The molecule has 0 aliphatic heterocycles. The third kappa shape index (κ3) is 1.97. The van der Waals surface area contributed by atoms with Crippen LogP contribution in [0.25, 0.3) is 0 Å². The van der Waals surface area contributed by atoms with Crippen LogP contribution in [0.15, 0.2) is 30.5 Å². The summed E-state index contributed by atoms with van der Waals surface area (Å²) in [5.74, 6) is 0.755. The zero-order valence-corrected chi connectivity index (χ0v) is 9.48. The molecule has 5 heteroatoms. The molecule has 0 aliphatic carbocycles. The van der Waals surface area contributed by atoms with E-state index in [2.05, 4.69) is 5.10 Å². The molecule has 1 N–H and O–H groups in total. The summed E-state index contributed by atoms with van der Waals surface area (Å²) in [5, 5.41) is 13.5. The zero-order valence-electron chi connectivity index (χ0n) is 8.72. The summed E-state index contributed by atoms with van der Waals surface area (Å²) in [7, 11) is 1.61. The van der Waals surface area contributed by atoms with E-state index >= 15 is 0 Å².